The van der Waals surface area contributed by atoms with Crippen molar-refractivity contribution in [1.29, 1.82) is 0 Å². The molecule has 0 radical (unpaired) electrons. The van der Waals surface area contributed by atoms with Crippen molar-refractivity contribution in [3.8, 4) is 0 Å². The lowest BCUT2D eigenvalue weighted by Crippen LogP contribution is -2.18. The minimum absolute atomic E-state index is 0.0324. The third-order valence-electron chi connectivity index (χ3n) is 1.63. The first-order valence-corrected chi connectivity index (χ1v) is 3.10. The predicted octanol–water partition coefficient (Wildman–Crippen LogP) is 0.129. The zero-order valence-corrected chi connectivity index (χ0v) is 5.70. The summed E-state index contributed by atoms with van der Waals surface area (Å²) in [7, 11) is 1.63. The van der Waals surface area contributed by atoms with Crippen LogP contribution < -0.4 is 0 Å². The second-order valence-corrected chi connectivity index (χ2v) is 2.31. The number of hydrogen-bond donors (Lipinski definition) is 1. The number of ether oxygens (including phenoxy) is 2. The molecule has 1 heterocycles. The van der Waals surface area contributed by atoms with E-state index in [0.717, 1.165) is 0 Å². The Labute approximate surface area is 54.6 Å². The second-order valence-electron chi connectivity index (χ2n) is 2.31. The van der Waals surface area contributed by atoms with Gasteiger partial charge in [-0.05, 0) is 6.92 Å². The maximum Gasteiger partial charge on any atom is 0.157 e. The van der Waals surface area contributed by atoms with Crippen LogP contribution in [0.5, 0.6) is 0 Å². The molecule has 0 aliphatic carbocycles. The van der Waals surface area contributed by atoms with E-state index in [1.807, 2.05) is 6.92 Å². The molecule has 0 bridgehead atoms. The van der Waals surface area contributed by atoms with Crippen LogP contribution in [0.25, 0.3) is 0 Å². The van der Waals surface area contributed by atoms with Crippen molar-refractivity contribution in [3.63, 3.8) is 0 Å². The maximum atomic E-state index is 8.90. The fraction of sp³-hybridized carbons (Fsp3) is 1.00. The molecule has 0 unspecified atom stereocenters. The molecule has 54 valence electrons. The van der Waals surface area contributed by atoms with E-state index in [1.54, 1.807) is 7.11 Å². The van der Waals surface area contributed by atoms with E-state index in [9.17, 15) is 0 Å². The fourth-order valence-corrected chi connectivity index (χ4v) is 1.07. The smallest absolute Gasteiger partial charge is 0.157 e. The summed E-state index contributed by atoms with van der Waals surface area (Å²) in [6, 6.07) is 0. The number of aliphatic hydroxyl groups excluding tert-OH is 1. The first kappa shape index (κ1) is 6.99. The molecule has 1 saturated heterocycles. The van der Waals surface area contributed by atoms with Gasteiger partial charge in [-0.3, -0.25) is 0 Å². The van der Waals surface area contributed by atoms with E-state index >= 15 is 0 Å². The highest BCUT2D eigenvalue weighted by molar-refractivity contribution is 4.74. The highest BCUT2D eigenvalue weighted by Gasteiger charge is 2.30. The topological polar surface area (TPSA) is 38.7 Å². The molecule has 9 heavy (non-hydrogen) atoms. The lowest BCUT2D eigenvalue weighted by Gasteiger charge is -2.09. The molecule has 0 aromatic carbocycles. The summed E-state index contributed by atoms with van der Waals surface area (Å²) < 4.78 is 10.0. The highest BCUT2D eigenvalue weighted by Crippen LogP contribution is 2.19. The van der Waals surface area contributed by atoms with Crippen LogP contribution in [0.1, 0.15) is 13.3 Å². The van der Waals surface area contributed by atoms with Crippen LogP contribution >= 0.6 is 0 Å². The van der Waals surface area contributed by atoms with Gasteiger partial charge < -0.3 is 14.6 Å². The summed E-state index contributed by atoms with van der Waals surface area (Å²) in [4.78, 5) is 0. The minimum atomic E-state index is -0.620. The molecule has 1 aliphatic heterocycles. The van der Waals surface area contributed by atoms with Crippen LogP contribution in [0, 0.1) is 0 Å². The Bertz CT molecular complexity index is 94.3. The first-order valence-electron chi connectivity index (χ1n) is 3.10. The quantitative estimate of drug-likeness (QED) is 0.551. The predicted molar refractivity (Wildman–Crippen MR) is 32.0 cm³/mol. The number of hydrogen-bond acceptors (Lipinski definition) is 3. The zero-order chi connectivity index (χ0) is 6.85. The molecule has 0 saturated carbocycles. The summed E-state index contributed by atoms with van der Waals surface area (Å²) >= 11 is 0. The summed E-state index contributed by atoms with van der Waals surface area (Å²) in [5.74, 6) is 0. The van der Waals surface area contributed by atoms with Gasteiger partial charge in [-0.2, -0.15) is 0 Å². The first-order chi connectivity index (χ1) is 4.24. The summed E-state index contributed by atoms with van der Waals surface area (Å²) in [6.07, 6.45) is 0.0763. The van der Waals surface area contributed by atoms with Crippen molar-refractivity contribution >= 4 is 0 Å². The lowest BCUT2D eigenvalue weighted by atomic mass is 10.2. The third kappa shape index (κ3) is 1.41. The van der Waals surface area contributed by atoms with Crippen LogP contribution in [0.2, 0.25) is 0 Å². The van der Waals surface area contributed by atoms with Crippen molar-refractivity contribution in [1.82, 2.24) is 0 Å². The Kier molecular flexibility index (Phi) is 2.05. The minimum Gasteiger partial charge on any atom is -0.379 e. The Balaban J connectivity index is 2.38. The summed E-state index contributed by atoms with van der Waals surface area (Å²) in [6.45, 7) is 1.89. The van der Waals surface area contributed by atoms with Crippen molar-refractivity contribution in [3.05, 3.63) is 0 Å². The molecule has 0 amide bonds. The van der Waals surface area contributed by atoms with Gasteiger partial charge in [0, 0.05) is 13.5 Å². The molecular formula is C6H12O3. The monoisotopic (exact) mass is 132 g/mol. The van der Waals surface area contributed by atoms with Crippen molar-refractivity contribution < 1.29 is 14.6 Å². The average molecular weight is 132 g/mol. The molecule has 3 atom stereocenters. The molecule has 3 nitrogen and oxygen atoms in total. The third-order valence-corrected chi connectivity index (χ3v) is 1.63. The molecule has 1 aliphatic rings. The summed E-state index contributed by atoms with van der Waals surface area (Å²) in [5, 5.41) is 8.90. The molecule has 3 heteroatoms. The zero-order valence-electron chi connectivity index (χ0n) is 5.70. The van der Waals surface area contributed by atoms with E-state index in [0.29, 0.717) is 6.42 Å². The van der Waals surface area contributed by atoms with Crippen molar-refractivity contribution in [2.24, 2.45) is 0 Å². The van der Waals surface area contributed by atoms with Crippen LogP contribution in [-0.4, -0.2) is 30.7 Å². The summed E-state index contributed by atoms with van der Waals surface area (Å²) in [5.41, 5.74) is 0. The number of methoxy groups -OCH3 is 1. The largest absolute Gasteiger partial charge is 0.379 e. The van der Waals surface area contributed by atoms with Crippen molar-refractivity contribution in [2.75, 3.05) is 7.11 Å². The van der Waals surface area contributed by atoms with Gasteiger partial charge in [0.2, 0.25) is 0 Å². The van der Waals surface area contributed by atoms with Gasteiger partial charge in [0.05, 0.1) is 12.2 Å². The van der Waals surface area contributed by atoms with Crippen molar-refractivity contribution in [2.45, 2.75) is 31.8 Å². The molecule has 1 fully saturated rings. The Morgan fingerprint density at radius 1 is 1.67 bits per heavy atom. The Morgan fingerprint density at radius 3 is 2.56 bits per heavy atom. The molecular weight excluding hydrogens is 120 g/mol. The average Bonchev–Trinajstić information content (AvgIpc) is 2.10. The second kappa shape index (κ2) is 2.64. The SMILES string of the molecule is CO[C@H]1C[C@H](O)O[C@@H]1C. The van der Waals surface area contributed by atoms with Crippen LogP contribution in [-0.2, 0) is 9.47 Å². The highest BCUT2D eigenvalue weighted by atomic mass is 16.6. The fourth-order valence-electron chi connectivity index (χ4n) is 1.07. The molecule has 1 N–H and O–H groups in total. The molecule has 1 rings (SSSR count). The van der Waals surface area contributed by atoms with Gasteiger partial charge in [0.25, 0.3) is 0 Å². The molecule has 0 aromatic heterocycles. The van der Waals surface area contributed by atoms with E-state index < -0.39 is 6.29 Å². The van der Waals surface area contributed by atoms with Crippen LogP contribution in [0.4, 0.5) is 0 Å². The van der Waals surface area contributed by atoms with Gasteiger partial charge in [-0.1, -0.05) is 0 Å². The van der Waals surface area contributed by atoms with Gasteiger partial charge in [0.15, 0.2) is 6.29 Å². The number of aliphatic hydroxyl groups is 1. The van der Waals surface area contributed by atoms with Gasteiger partial charge in [-0.15, -0.1) is 0 Å². The standard InChI is InChI=1S/C6H12O3/c1-4-5(8-2)3-6(7)9-4/h4-7H,3H2,1-2H3/t4-,5+,6-/m1/s1. The normalized spacial score (nSPS) is 43.7. The van der Waals surface area contributed by atoms with E-state index in [-0.39, 0.29) is 12.2 Å². The van der Waals surface area contributed by atoms with Crippen LogP contribution in [0.15, 0.2) is 0 Å². The number of rotatable bonds is 1. The van der Waals surface area contributed by atoms with Crippen LogP contribution in [0.3, 0.4) is 0 Å². The molecule has 0 aromatic rings. The van der Waals surface area contributed by atoms with E-state index in [2.05, 4.69) is 0 Å². The van der Waals surface area contributed by atoms with Gasteiger partial charge in [0.1, 0.15) is 0 Å². The van der Waals surface area contributed by atoms with E-state index in [4.69, 9.17) is 14.6 Å². The van der Waals surface area contributed by atoms with E-state index in [1.165, 1.54) is 0 Å². The maximum absolute atomic E-state index is 8.90. The Morgan fingerprint density at radius 2 is 2.33 bits per heavy atom. The molecule has 0 spiro atoms. The van der Waals surface area contributed by atoms with Gasteiger partial charge >= 0.3 is 0 Å². The van der Waals surface area contributed by atoms with Gasteiger partial charge in [-0.25, -0.2) is 0 Å². The lowest BCUT2D eigenvalue weighted by molar-refractivity contribution is -0.0901. The Hall–Kier alpha value is -0.120.